The van der Waals surface area contributed by atoms with E-state index in [1.807, 2.05) is 0 Å². The van der Waals surface area contributed by atoms with Crippen molar-refractivity contribution in [1.29, 1.82) is 0 Å². The number of halogens is 2. The molecule has 1 aliphatic heterocycles. The molecule has 1 aromatic carbocycles. The summed E-state index contributed by atoms with van der Waals surface area (Å²) < 4.78 is 35.4. The van der Waals surface area contributed by atoms with Gasteiger partial charge in [0.25, 0.3) is 0 Å². The second kappa shape index (κ2) is 4.97. The Bertz CT molecular complexity index is 633. The molecule has 0 saturated heterocycles. The van der Waals surface area contributed by atoms with Crippen molar-refractivity contribution in [3.63, 3.8) is 0 Å². The quantitative estimate of drug-likeness (QED) is 0.890. The molecule has 0 saturated carbocycles. The molecule has 0 aliphatic carbocycles. The van der Waals surface area contributed by atoms with E-state index in [0.29, 0.717) is 11.4 Å². The predicted molar refractivity (Wildman–Crippen MR) is 71.8 cm³/mol. The van der Waals surface area contributed by atoms with E-state index >= 15 is 0 Å². The standard InChI is InChI=1S/C11H12ClFN2O3S/c1-19(17,18)3-2-8-11(16)15-10-5-7(13)6(12)4-9(10)14-8/h4-5,8,14H,2-3H2,1H3,(H,15,16). The van der Waals surface area contributed by atoms with Crippen molar-refractivity contribution in [2.24, 2.45) is 0 Å². The first kappa shape index (κ1) is 14.1. The second-order valence-corrected chi connectivity index (χ2v) is 7.08. The molecule has 2 rings (SSSR count). The van der Waals surface area contributed by atoms with Crippen LogP contribution in [0.1, 0.15) is 6.42 Å². The van der Waals surface area contributed by atoms with Gasteiger partial charge in [-0.3, -0.25) is 4.79 Å². The van der Waals surface area contributed by atoms with Gasteiger partial charge in [-0.15, -0.1) is 0 Å². The van der Waals surface area contributed by atoms with Gasteiger partial charge in [-0.1, -0.05) is 11.6 Å². The highest BCUT2D eigenvalue weighted by Gasteiger charge is 2.27. The molecule has 1 unspecified atom stereocenters. The lowest BCUT2D eigenvalue weighted by Crippen LogP contribution is -2.40. The Kier molecular flexibility index (Phi) is 3.69. The lowest BCUT2D eigenvalue weighted by Gasteiger charge is -2.26. The predicted octanol–water partition coefficient (Wildman–Crippen LogP) is 1.65. The van der Waals surface area contributed by atoms with Crippen LogP contribution in [0.2, 0.25) is 5.02 Å². The monoisotopic (exact) mass is 306 g/mol. The van der Waals surface area contributed by atoms with Gasteiger partial charge < -0.3 is 10.6 Å². The van der Waals surface area contributed by atoms with Crippen molar-refractivity contribution < 1.29 is 17.6 Å². The van der Waals surface area contributed by atoms with Crippen molar-refractivity contribution in [3.05, 3.63) is 23.0 Å². The normalized spacial score (nSPS) is 18.5. The highest BCUT2D eigenvalue weighted by atomic mass is 35.5. The van der Waals surface area contributed by atoms with Crippen LogP contribution in [0.3, 0.4) is 0 Å². The topological polar surface area (TPSA) is 75.3 Å². The van der Waals surface area contributed by atoms with E-state index in [0.717, 1.165) is 12.3 Å². The van der Waals surface area contributed by atoms with E-state index in [1.54, 1.807) is 0 Å². The summed E-state index contributed by atoms with van der Waals surface area (Å²) in [5, 5.41) is 5.31. The Balaban J connectivity index is 2.19. The molecule has 0 aromatic heterocycles. The summed E-state index contributed by atoms with van der Waals surface area (Å²) in [5.41, 5.74) is 0.770. The molecule has 0 bridgehead atoms. The molecule has 8 heteroatoms. The van der Waals surface area contributed by atoms with Gasteiger partial charge in [-0.2, -0.15) is 0 Å². The third-order valence-electron chi connectivity index (χ3n) is 2.74. The smallest absolute Gasteiger partial charge is 0.246 e. The third kappa shape index (κ3) is 3.36. The van der Waals surface area contributed by atoms with Crippen molar-refractivity contribution in [1.82, 2.24) is 0 Å². The van der Waals surface area contributed by atoms with Crippen LogP contribution in [-0.2, 0) is 14.6 Å². The second-order valence-electron chi connectivity index (χ2n) is 4.42. The Morgan fingerprint density at radius 1 is 1.37 bits per heavy atom. The Hall–Kier alpha value is -1.34. The van der Waals surface area contributed by atoms with Gasteiger partial charge in [0.2, 0.25) is 5.91 Å². The average Bonchev–Trinajstić information content (AvgIpc) is 2.28. The summed E-state index contributed by atoms with van der Waals surface area (Å²) in [6.07, 6.45) is 1.24. The van der Waals surface area contributed by atoms with Gasteiger partial charge in [0.15, 0.2) is 0 Å². The summed E-state index contributed by atoms with van der Waals surface area (Å²) in [4.78, 5) is 11.7. The maximum absolute atomic E-state index is 13.2. The Morgan fingerprint density at radius 2 is 2.05 bits per heavy atom. The number of rotatable bonds is 3. The summed E-state index contributed by atoms with van der Waals surface area (Å²) >= 11 is 5.66. The van der Waals surface area contributed by atoms with Crippen LogP contribution in [0, 0.1) is 5.82 Å². The van der Waals surface area contributed by atoms with Gasteiger partial charge in [-0.25, -0.2) is 12.8 Å². The Morgan fingerprint density at radius 3 is 2.68 bits per heavy atom. The molecule has 0 radical (unpaired) electrons. The lowest BCUT2D eigenvalue weighted by molar-refractivity contribution is -0.117. The molecular weight excluding hydrogens is 295 g/mol. The molecule has 1 amide bonds. The van der Waals surface area contributed by atoms with Crippen LogP contribution < -0.4 is 10.6 Å². The minimum absolute atomic E-state index is 0.0655. The van der Waals surface area contributed by atoms with Crippen molar-refractivity contribution in [2.75, 3.05) is 22.6 Å². The van der Waals surface area contributed by atoms with Crippen LogP contribution in [0.15, 0.2) is 12.1 Å². The molecule has 104 valence electrons. The van der Waals surface area contributed by atoms with Crippen molar-refractivity contribution in [3.8, 4) is 0 Å². The molecule has 2 N–H and O–H groups in total. The Labute approximate surface area is 115 Å². The molecule has 1 heterocycles. The lowest BCUT2D eigenvalue weighted by atomic mass is 10.1. The summed E-state index contributed by atoms with van der Waals surface area (Å²) in [6.45, 7) is 0. The maximum atomic E-state index is 13.2. The van der Waals surface area contributed by atoms with E-state index in [2.05, 4.69) is 10.6 Å². The molecule has 0 spiro atoms. The van der Waals surface area contributed by atoms with Crippen LogP contribution in [0.5, 0.6) is 0 Å². The minimum Gasteiger partial charge on any atom is -0.372 e. The average molecular weight is 307 g/mol. The highest BCUT2D eigenvalue weighted by Crippen LogP contribution is 2.32. The van der Waals surface area contributed by atoms with E-state index in [4.69, 9.17) is 11.6 Å². The first-order chi connectivity index (χ1) is 8.76. The van der Waals surface area contributed by atoms with E-state index in [1.165, 1.54) is 6.07 Å². The number of hydrogen-bond donors (Lipinski definition) is 2. The van der Waals surface area contributed by atoms with E-state index in [-0.39, 0.29) is 17.2 Å². The molecule has 1 atom stereocenters. The summed E-state index contributed by atoms with van der Waals surface area (Å²) in [6, 6.07) is 1.80. The van der Waals surface area contributed by atoms with E-state index in [9.17, 15) is 17.6 Å². The number of carbonyl (C=O) groups excluding carboxylic acids is 1. The van der Waals surface area contributed by atoms with Crippen LogP contribution >= 0.6 is 11.6 Å². The first-order valence-electron chi connectivity index (χ1n) is 5.50. The van der Waals surface area contributed by atoms with Crippen LogP contribution in [0.25, 0.3) is 0 Å². The molecule has 1 aliphatic rings. The van der Waals surface area contributed by atoms with Gasteiger partial charge in [0.1, 0.15) is 21.7 Å². The number of fused-ring (bicyclic) bond motifs is 1. The van der Waals surface area contributed by atoms with Crippen LogP contribution in [0.4, 0.5) is 15.8 Å². The van der Waals surface area contributed by atoms with Crippen LogP contribution in [-0.4, -0.2) is 32.4 Å². The zero-order valence-electron chi connectivity index (χ0n) is 10.0. The summed E-state index contributed by atoms with van der Waals surface area (Å²) in [7, 11) is -3.15. The largest absolute Gasteiger partial charge is 0.372 e. The van der Waals surface area contributed by atoms with Gasteiger partial charge in [0.05, 0.1) is 22.2 Å². The number of hydrogen-bond acceptors (Lipinski definition) is 4. The number of sulfone groups is 1. The molecule has 1 aromatic rings. The zero-order valence-corrected chi connectivity index (χ0v) is 11.6. The maximum Gasteiger partial charge on any atom is 0.246 e. The fourth-order valence-electron chi connectivity index (χ4n) is 1.78. The number of benzene rings is 1. The SMILES string of the molecule is CS(=O)(=O)CCC1Nc2cc(Cl)c(F)cc2NC1=O. The van der Waals surface area contributed by atoms with E-state index < -0.39 is 27.6 Å². The summed E-state index contributed by atoms with van der Waals surface area (Å²) in [5.74, 6) is -1.13. The number of carbonyl (C=O) groups is 1. The number of nitrogens with one attached hydrogen (secondary N) is 2. The fraction of sp³-hybridized carbons (Fsp3) is 0.364. The van der Waals surface area contributed by atoms with Crippen molar-refractivity contribution in [2.45, 2.75) is 12.5 Å². The highest BCUT2D eigenvalue weighted by molar-refractivity contribution is 7.90. The fourth-order valence-corrected chi connectivity index (χ4v) is 2.61. The van der Waals surface area contributed by atoms with Crippen molar-refractivity contribution >= 4 is 38.7 Å². The minimum atomic E-state index is -3.15. The third-order valence-corrected chi connectivity index (χ3v) is 4.01. The van der Waals surface area contributed by atoms with Gasteiger partial charge in [0, 0.05) is 12.3 Å². The number of anilines is 2. The zero-order chi connectivity index (χ0) is 14.2. The molecule has 19 heavy (non-hydrogen) atoms. The molecule has 0 fully saturated rings. The molecule has 5 nitrogen and oxygen atoms in total. The first-order valence-corrected chi connectivity index (χ1v) is 7.94. The van der Waals surface area contributed by atoms with Gasteiger partial charge >= 0.3 is 0 Å². The van der Waals surface area contributed by atoms with Gasteiger partial charge in [-0.05, 0) is 12.5 Å². The molecular formula is C11H12ClFN2O3S. The number of amides is 1.